The molecule has 6 rings (SSSR count). The average Bonchev–Trinajstić information content (AvgIpc) is 3.60. The van der Waals surface area contributed by atoms with Gasteiger partial charge in [0.2, 0.25) is 6.79 Å². The number of aromatic nitrogens is 1. The largest absolute Gasteiger partial charge is 0.480 e. The van der Waals surface area contributed by atoms with Crippen LogP contribution in [0.1, 0.15) is 34.0 Å². The van der Waals surface area contributed by atoms with Crippen molar-refractivity contribution in [2.75, 3.05) is 13.4 Å². The normalized spacial score (nSPS) is 14.0. The molecular formula is C31H28N2O6. The van der Waals surface area contributed by atoms with Crippen LogP contribution in [0.2, 0.25) is 0 Å². The SMILES string of the molecule is Cc1cc(CC(NC(=O)OCC2c3ccccc3-c3ccccc32)C(=O)O)c(C)n1-c1ccc2c(c1)OCO2. The van der Waals surface area contributed by atoms with Gasteiger partial charge in [-0.3, -0.25) is 0 Å². The fourth-order valence-electron chi connectivity index (χ4n) is 5.66. The smallest absolute Gasteiger partial charge is 0.407 e. The number of nitrogens with one attached hydrogen (secondary N) is 1. The van der Waals surface area contributed by atoms with E-state index < -0.39 is 18.1 Å². The number of rotatable bonds is 7. The van der Waals surface area contributed by atoms with Gasteiger partial charge in [-0.15, -0.1) is 0 Å². The van der Waals surface area contributed by atoms with E-state index in [9.17, 15) is 14.7 Å². The molecule has 2 aliphatic rings. The monoisotopic (exact) mass is 524 g/mol. The van der Waals surface area contributed by atoms with Crippen LogP contribution in [0.4, 0.5) is 4.79 Å². The molecule has 0 saturated carbocycles. The number of carboxylic acid groups (broad SMARTS) is 1. The summed E-state index contributed by atoms with van der Waals surface area (Å²) in [5.41, 5.74) is 7.97. The Balaban J connectivity index is 1.16. The molecule has 1 atom stereocenters. The van der Waals surface area contributed by atoms with Crippen LogP contribution in [-0.4, -0.2) is 41.2 Å². The van der Waals surface area contributed by atoms with Gasteiger partial charge < -0.3 is 29.2 Å². The van der Waals surface area contributed by atoms with Gasteiger partial charge in [0.15, 0.2) is 11.5 Å². The number of aliphatic carboxylic acids is 1. The van der Waals surface area contributed by atoms with Crippen molar-refractivity contribution in [2.24, 2.45) is 0 Å². The Morgan fingerprint density at radius 2 is 1.64 bits per heavy atom. The summed E-state index contributed by atoms with van der Waals surface area (Å²) in [7, 11) is 0. The number of ether oxygens (including phenoxy) is 3. The van der Waals surface area contributed by atoms with Gasteiger partial charge >= 0.3 is 12.1 Å². The Hall–Kier alpha value is -4.72. The van der Waals surface area contributed by atoms with Crippen molar-refractivity contribution < 1.29 is 28.9 Å². The molecule has 1 amide bonds. The fraction of sp³-hybridized carbons (Fsp3) is 0.226. The van der Waals surface area contributed by atoms with Crippen molar-refractivity contribution in [2.45, 2.75) is 32.2 Å². The number of nitrogens with zero attached hydrogens (tertiary/aromatic N) is 1. The molecule has 8 heteroatoms. The molecule has 0 fully saturated rings. The molecular weight excluding hydrogens is 496 g/mol. The number of fused-ring (bicyclic) bond motifs is 4. The zero-order valence-corrected chi connectivity index (χ0v) is 21.6. The minimum Gasteiger partial charge on any atom is -0.480 e. The molecule has 2 N–H and O–H groups in total. The van der Waals surface area contributed by atoms with E-state index in [1.807, 2.05) is 79.1 Å². The second-order valence-electron chi connectivity index (χ2n) is 9.83. The molecule has 1 unspecified atom stereocenters. The average molecular weight is 525 g/mol. The van der Waals surface area contributed by atoms with Crippen LogP contribution >= 0.6 is 0 Å². The van der Waals surface area contributed by atoms with E-state index in [-0.39, 0.29) is 25.7 Å². The summed E-state index contributed by atoms with van der Waals surface area (Å²) in [6, 6.07) is 22.6. The van der Waals surface area contributed by atoms with E-state index in [1.54, 1.807) is 0 Å². The number of hydrogen-bond donors (Lipinski definition) is 2. The van der Waals surface area contributed by atoms with E-state index in [2.05, 4.69) is 17.4 Å². The Morgan fingerprint density at radius 3 is 2.33 bits per heavy atom. The summed E-state index contributed by atoms with van der Waals surface area (Å²) in [6.07, 6.45) is -0.641. The number of carbonyl (C=O) groups is 2. The van der Waals surface area contributed by atoms with Crippen LogP contribution in [0, 0.1) is 13.8 Å². The lowest BCUT2D eigenvalue weighted by molar-refractivity contribution is -0.139. The van der Waals surface area contributed by atoms with Gasteiger partial charge in [-0.1, -0.05) is 48.5 Å². The highest BCUT2D eigenvalue weighted by Gasteiger charge is 2.30. The molecule has 0 radical (unpaired) electrons. The van der Waals surface area contributed by atoms with Crippen molar-refractivity contribution in [3.8, 4) is 28.3 Å². The van der Waals surface area contributed by atoms with Crippen LogP contribution in [0.5, 0.6) is 11.5 Å². The highest BCUT2D eigenvalue weighted by atomic mass is 16.7. The minimum absolute atomic E-state index is 0.105. The van der Waals surface area contributed by atoms with Gasteiger partial charge in [0, 0.05) is 35.5 Å². The van der Waals surface area contributed by atoms with Crippen LogP contribution in [0.3, 0.4) is 0 Å². The number of carbonyl (C=O) groups excluding carboxylic acids is 1. The Bertz CT molecular complexity index is 1540. The van der Waals surface area contributed by atoms with Crippen LogP contribution in [0.15, 0.2) is 72.8 Å². The third-order valence-electron chi connectivity index (χ3n) is 7.51. The predicted octanol–water partition coefficient (Wildman–Crippen LogP) is 5.36. The van der Waals surface area contributed by atoms with Crippen molar-refractivity contribution in [1.29, 1.82) is 0 Å². The molecule has 1 aliphatic carbocycles. The molecule has 0 bridgehead atoms. The number of benzene rings is 3. The maximum absolute atomic E-state index is 12.8. The summed E-state index contributed by atoms with van der Waals surface area (Å²) in [6.45, 7) is 4.19. The number of aryl methyl sites for hydroxylation is 1. The zero-order chi connectivity index (χ0) is 27.1. The first-order valence-electron chi connectivity index (χ1n) is 12.8. The first-order chi connectivity index (χ1) is 18.9. The lowest BCUT2D eigenvalue weighted by Crippen LogP contribution is -2.43. The molecule has 2 heterocycles. The van der Waals surface area contributed by atoms with Gasteiger partial charge in [0.05, 0.1) is 0 Å². The Kier molecular flexibility index (Phi) is 6.23. The zero-order valence-electron chi connectivity index (χ0n) is 21.6. The third kappa shape index (κ3) is 4.48. The van der Waals surface area contributed by atoms with Gasteiger partial charge in [-0.05, 0) is 59.9 Å². The van der Waals surface area contributed by atoms with E-state index in [1.165, 1.54) is 0 Å². The Morgan fingerprint density at radius 1 is 0.974 bits per heavy atom. The van der Waals surface area contributed by atoms with Crippen LogP contribution < -0.4 is 14.8 Å². The molecule has 1 aliphatic heterocycles. The molecule has 39 heavy (non-hydrogen) atoms. The summed E-state index contributed by atoms with van der Waals surface area (Å²) in [5, 5.41) is 12.5. The molecule has 3 aromatic carbocycles. The highest BCUT2D eigenvalue weighted by molar-refractivity contribution is 5.81. The van der Waals surface area contributed by atoms with Gasteiger partial charge in [-0.2, -0.15) is 0 Å². The number of carboxylic acids is 1. The number of amides is 1. The lowest BCUT2D eigenvalue weighted by Gasteiger charge is -2.18. The first kappa shape index (κ1) is 24.6. The van der Waals surface area contributed by atoms with E-state index in [0.717, 1.165) is 44.9 Å². The van der Waals surface area contributed by atoms with Crippen molar-refractivity contribution in [3.05, 3.63) is 101 Å². The van der Waals surface area contributed by atoms with Gasteiger partial charge in [0.1, 0.15) is 12.6 Å². The molecule has 4 aromatic rings. The quantitative estimate of drug-likeness (QED) is 0.338. The number of hydrogen-bond acceptors (Lipinski definition) is 5. The maximum atomic E-state index is 12.8. The topological polar surface area (TPSA) is 99.0 Å². The maximum Gasteiger partial charge on any atom is 0.407 e. The summed E-state index contributed by atoms with van der Waals surface area (Å²) in [4.78, 5) is 24.9. The molecule has 0 spiro atoms. The molecule has 0 saturated heterocycles. The van der Waals surface area contributed by atoms with E-state index in [0.29, 0.717) is 11.5 Å². The van der Waals surface area contributed by atoms with Gasteiger partial charge in [0.25, 0.3) is 0 Å². The summed E-state index contributed by atoms with van der Waals surface area (Å²) < 4.78 is 18.5. The van der Waals surface area contributed by atoms with Crippen molar-refractivity contribution in [3.63, 3.8) is 0 Å². The second-order valence-corrected chi connectivity index (χ2v) is 9.83. The fourth-order valence-corrected chi connectivity index (χ4v) is 5.66. The lowest BCUT2D eigenvalue weighted by atomic mass is 9.98. The van der Waals surface area contributed by atoms with Crippen molar-refractivity contribution >= 4 is 12.1 Å². The first-order valence-corrected chi connectivity index (χ1v) is 12.8. The van der Waals surface area contributed by atoms with E-state index in [4.69, 9.17) is 14.2 Å². The molecule has 198 valence electrons. The number of alkyl carbamates (subject to hydrolysis) is 1. The van der Waals surface area contributed by atoms with Crippen LogP contribution in [0.25, 0.3) is 16.8 Å². The Labute approximate surface area is 225 Å². The molecule has 1 aromatic heterocycles. The third-order valence-corrected chi connectivity index (χ3v) is 7.51. The van der Waals surface area contributed by atoms with Gasteiger partial charge in [-0.25, -0.2) is 9.59 Å². The summed E-state index contributed by atoms with van der Waals surface area (Å²) in [5.74, 6) is 0.130. The molecule has 8 nitrogen and oxygen atoms in total. The highest BCUT2D eigenvalue weighted by Crippen LogP contribution is 2.44. The second kappa shape index (κ2) is 9.87. The predicted molar refractivity (Wildman–Crippen MR) is 145 cm³/mol. The minimum atomic E-state index is -1.15. The van der Waals surface area contributed by atoms with E-state index >= 15 is 0 Å². The van der Waals surface area contributed by atoms with Crippen molar-refractivity contribution in [1.82, 2.24) is 9.88 Å². The standard InChI is InChI=1S/C31H28N2O6/c1-18-13-20(19(2)33(18)21-11-12-28-29(15-21)39-17-38-28)14-27(30(34)35)32-31(36)37-16-26-24-9-5-3-7-22(24)23-8-4-6-10-25(23)26/h3-13,15,26-27H,14,16-17H2,1-2H3,(H,32,36)(H,34,35). The summed E-state index contributed by atoms with van der Waals surface area (Å²) >= 11 is 0. The van der Waals surface area contributed by atoms with Crippen LogP contribution in [-0.2, 0) is 16.0 Å².